The van der Waals surface area contributed by atoms with Gasteiger partial charge in [-0.15, -0.1) is 0 Å². The van der Waals surface area contributed by atoms with Crippen molar-refractivity contribution in [2.24, 2.45) is 0 Å². The van der Waals surface area contributed by atoms with Gasteiger partial charge < -0.3 is 9.88 Å². The van der Waals surface area contributed by atoms with Gasteiger partial charge in [0.2, 0.25) is 5.91 Å². The van der Waals surface area contributed by atoms with Crippen LogP contribution in [0.2, 0.25) is 0 Å². The van der Waals surface area contributed by atoms with Crippen LogP contribution in [0.15, 0.2) is 59.8 Å². The van der Waals surface area contributed by atoms with E-state index < -0.39 is 0 Å². The molecular weight excluding hydrogens is 342 g/mol. The van der Waals surface area contributed by atoms with Gasteiger partial charge in [-0.25, -0.2) is 4.98 Å². The van der Waals surface area contributed by atoms with Crippen LogP contribution >= 0.6 is 11.8 Å². The van der Waals surface area contributed by atoms with Crippen LogP contribution in [0.5, 0.6) is 0 Å². The van der Waals surface area contributed by atoms with Crippen LogP contribution in [0.4, 0.5) is 0 Å². The van der Waals surface area contributed by atoms with E-state index >= 15 is 0 Å². The number of imidazole rings is 1. The topological polar surface area (TPSA) is 46.9 Å². The van der Waals surface area contributed by atoms with Crippen LogP contribution < -0.4 is 5.32 Å². The summed E-state index contributed by atoms with van der Waals surface area (Å²) in [5.74, 6) is 0.475. The number of amides is 1. The zero-order valence-corrected chi connectivity index (χ0v) is 16.0. The number of benzene rings is 2. The molecule has 4 nitrogen and oxygen atoms in total. The van der Waals surface area contributed by atoms with Crippen LogP contribution in [-0.2, 0) is 17.8 Å². The Hall–Kier alpha value is -2.27. The van der Waals surface area contributed by atoms with E-state index in [0.717, 1.165) is 48.5 Å². The summed E-state index contributed by atoms with van der Waals surface area (Å²) in [6.45, 7) is 3.72. The van der Waals surface area contributed by atoms with Gasteiger partial charge >= 0.3 is 0 Å². The molecule has 0 saturated carbocycles. The third-order valence-corrected chi connectivity index (χ3v) is 5.25. The van der Waals surface area contributed by atoms with Crippen molar-refractivity contribution in [1.29, 1.82) is 0 Å². The maximum atomic E-state index is 12.0. The third-order valence-electron chi connectivity index (χ3n) is 4.27. The van der Waals surface area contributed by atoms with Crippen molar-refractivity contribution in [3.8, 4) is 0 Å². The lowest BCUT2D eigenvalue weighted by Gasteiger charge is -2.09. The molecule has 1 N–H and O–H groups in total. The molecule has 1 aromatic heterocycles. The number of para-hydroxylation sites is 2. The van der Waals surface area contributed by atoms with E-state index in [-0.39, 0.29) is 5.91 Å². The van der Waals surface area contributed by atoms with Gasteiger partial charge in [0.1, 0.15) is 0 Å². The van der Waals surface area contributed by atoms with Crippen molar-refractivity contribution >= 4 is 28.7 Å². The second-order valence-electron chi connectivity index (χ2n) is 6.26. The van der Waals surface area contributed by atoms with Gasteiger partial charge in [-0.05, 0) is 30.5 Å². The van der Waals surface area contributed by atoms with Gasteiger partial charge in [-0.2, -0.15) is 0 Å². The number of nitrogens with one attached hydrogen (secondary N) is 1. The molecule has 0 atom stereocenters. The fraction of sp³-hybridized carbons (Fsp3) is 0.333. The van der Waals surface area contributed by atoms with Crippen molar-refractivity contribution in [3.63, 3.8) is 0 Å². The molecular formula is C21H25N3OS. The van der Waals surface area contributed by atoms with Crippen molar-refractivity contribution in [2.45, 2.75) is 37.9 Å². The summed E-state index contributed by atoms with van der Waals surface area (Å²) in [4.78, 5) is 16.8. The largest absolute Gasteiger partial charge is 0.355 e. The maximum Gasteiger partial charge on any atom is 0.230 e. The van der Waals surface area contributed by atoms with Gasteiger partial charge in [0.05, 0.1) is 16.8 Å². The summed E-state index contributed by atoms with van der Waals surface area (Å²) >= 11 is 1.51. The molecule has 0 radical (unpaired) electrons. The first-order valence-corrected chi connectivity index (χ1v) is 10.1. The molecule has 26 heavy (non-hydrogen) atoms. The number of hydrogen-bond acceptors (Lipinski definition) is 3. The quantitative estimate of drug-likeness (QED) is 0.453. The molecule has 0 aliphatic heterocycles. The normalized spacial score (nSPS) is 11.0. The Morgan fingerprint density at radius 2 is 1.88 bits per heavy atom. The zero-order valence-electron chi connectivity index (χ0n) is 15.1. The van der Waals surface area contributed by atoms with Crippen LogP contribution in [0.1, 0.15) is 25.3 Å². The summed E-state index contributed by atoms with van der Waals surface area (Å²) in [6.07, 6.45) is 3.05. The smallest absolute Gasteiger partial charge is 0.230 e. The Labute approximate surface area is 159 Å². The lowest BCUT2D eigenvalue weighted by Crippen LogP contribution is -2.26. The Bertz CT molecular complexity index is 845. The molecule has 0 saturated heterocycles. The predicted octanol–water partition coefficient (Wildman–Crippen LogP) is 4.29. The van der Waals surface area contributed by atoms with Crippen molar-refractivity contribution in [2.75, 3.05) is 12.3 Å². The Morgan fingerprint density at radius 1 is 1.12 bits per heavy atom. The number of fused-ring (bicyclic) bond motifs is 1. The van der Waals surface area contributed by atoms with Gasteiger partial charge in [-0.1, -0.05) is 67.6 Å². The number of thioether (sulfide) groups is 1. The number of nitrogens with zero attached hydrogens (tertiary/aromatic N) is 2. The highest BCUT2D eigenvalue weighted by molar-refractivity contribution is 7.99. The molecule has 1 heterocycles. The van der Waals surface area contributed by atoms with E-state index in [4.69, 9.17) is 4.98 Å². The number of aryl methyl sites for hydroxylation is 2. The minimum Gasteiger partial charge on any atom is -0.355 e. The van der Waals surface area contributed by atoms with Gasteiger partial charge in [-0.3, -0.25) is 4.79 Å². The molecule has 0 bridgehead atoms. The first kappa shape index (κ1) is 18.5. The summed E-state index contributed by atoms with van der Waals surface area (Å²) in [6, 6.07) is 18.6. The van der Waals surface area contributed by atoms with Gasteiger partial charge in [0, 0.05) is 13.1 Å². The Balaban J connectivity index is 1.71. The zero-order chi connectivity index (χ0) is 18.2. The first-order valence-electron chi connectivity index (χ1n) is 9.16. The van der Waals surface area contributed by atoms with Gasteiger partial charge in [0.15, 0.2) is 5.16 Å². The highest BCUT2D eigenvalue weighted by Gasteiger charge is 2.12. The molecule has 5 heteroatoms. The third kappa shape index (κ3) is 4.88. The molecule has 136 valence electrons. The molecule has 0 unspecified atom stereocenters. The number of carbonyl (C=O) groups is 1. The van der Waals surface area contributed by atoms with E-state index in [1.54, 1.807) is 0 Å². The second kappa shape index (κ2) is 9.43. The minimum absolute atomic E-state index is 0.0742. The van der Waals surface area contributed by atoms with E-state index in [0.29, 0.717) is 5.75 Å². The molecule has 3 aromatic rings. The van der Waals surface area contributed by atoms with E-state index in [2.05, 4.69) is 47.1 Å². The standard InChI is InChI=1S/C21H25N3OS/c1-2-3-14-22-20(25)16-26-21-23-18-11-7-8-12-19(18)24(21)15-13-17-9-5-4-6-10-17/h4-12H,2-3,13-16H2,1H3,(H,22,25). The Morgan fingerprint density at radius 3 is 2.69 bits per heavy atom. The lowest BCUT2D eigenvalue weighted by molar-refractivity contribution is -0.118. The summed E-state index contributed by atoms with van der Waals surface area (Å²) in [5, 5.41) is 3.88. The second-order valence-corrected chi connectivity index (χ2v) is 7.21. The van der Waals surface area contributed by atoms with Crippen LogP contribution in [-0.4, -0.2) is 27.8 Å². The fourth-order valence-electron chi connectivity index (χ4n) is 2.85. The highest BCUT2D eigenvalue weighted by Crippen LogP contribution is 2.24. The molecule has 0 aliphatic carbocycles. The predicted molar refractivity (Wildman–Crippen MR) is 109 cm³/mol. The van der Waals surface area contributed by atoms with Crippen LogP contribution in [0.3, 0.4) is 0 Å². The average molecular weight is 368 g/mol. The number of unbranched alkanes of at least 4 members (excludes halogenated alkanes) is 1. The fourth-order valence-corrected chi connectivity index (χ4v) is 3.72. The highest BCUT2D eigenvalue weighted by atomic mass is 32.2. The maximum absolute atomic E-state index is 12.0. The van der Waals surface area contributed by atoms with Gasteiger partial charge in [0.25, 0.3) is 0 Å². The van der Waals surface area contributed by atoms with E-state index in [1.807, 2.05) is 24.3 Å². The summed E-state index contributed by atoms with van der Waals surface area (Å²) < 4.78 is 2.23. The molecule has 2 aromatic carbocycles. The lowest BCUT2D eigenvalue weighted by atomic mass is 10.1. The SMILES string of the molecule is CCCCNC(=O)CSc1nc2ccccc2n1CCc1ccccc1. The van der Waals surface area contributed by atoms with E-state index in [1.165, 1.54) is 17.3 Å². The molecule has 0 aliphatic rings. The van der Waals surface area contributed by atoms with Crippen LogP contribution in [0, 0.1) is 0 Å². The first-order chi connectivity index (χ1) is 12.8. The van der Waals surface area contributed by atoms with E-state index in [9.17, 15) is 4.79 Å². The summed E-state index contributed by atoms with van der Waals surface area (Å²) in [7, 11) is 0. The van der Waals surface area contributed by atoms with Crippen molar-refractivity contribution < 1.29 is 4.79 Å². The Kier molecular flexibility index (Phi) is 6.72. The minimum atomic E-state index is 0.0742. The molecule has 1 amide bonds. The monoisotopic (exact) mass is 367 g/mol. The molecule has 0 spiro atoms. The van der Waals surface area contributed by atoms with Crippen molar-refractivity contribution in [1.82, 2.24) is 14.9 Å². The number of carbonyl (C=O) groups excluding carboxylic acids is 1. The number of aromatic nitrogens is 2. The average Bonchev–Trinajstić information content (AvgIpc) is 3.03. The molecule has 3 rings (SSSR count). The van der Waals surface area contributed by atoms with Crippen molar-refractivity contribution in [3.05, 3.63) is 60.2 Å². The van der Waals surface area contributed by atoms with Crippen LogP contribution in [0.25, 0.3) is 11.0 Å². The molecule has 0 fully saturated rings. The summed E-state index contributed by atoms with van der Waals surface area (Å²) in [5.41, 5.74) is 3.41. The number of rotatable bonds is 9. The number of hydrogen-bond donors (Lipinski definition) is 1.